The second kappa shape index (κ2) is 4.84. The van der Waals surface area contributed by atoms with Crippen LogP contribution < -0.4 is 10.5 Å². The Labute approximate surface area is 105 Å². The van der Waals surface area contributed by atoms with Crippen LogP contribution in [0, 0.1) is 21.7 Å². The number of rotatable bonds is 3. The van der Waals surface area contributed by atoms with Crippen molar-refractivity contribution in [2.45, 2.75) is 0 Å². The number of hydrogen-bond acceptors (Lipinski definition) is 5. The van der Waals surface area contributed by atoms with Crippen molar-refractivity contribution in [2.24, 2.45) is 0 Å². The number of hydrogen-bond donors (Lipinski definition) is 1. The lowest BCUT2D eigenvalue weighted by Crippen LogP contribution is -1.98. The fourth-order valence-corrected chi connectivity index (χ4v) is 1.34. The van der Waals surface area contributed by atoms with Crippen LogP contribution in [0.2, 0.25) is 0 Å². The van der Waals surface area contributed by atoms with Crippen LogP contribution in [0.25, 0.3) is 0 Å². The van der Waals surface area contributed by atoms with E-state index in [9.17, 15) is 18.9 Å². The third kappa shape index (κ3) is 2.73. The second-order valence-corrected chi connectivity index (χ2v) is 3.49. The van der Waals surface area contributed by atoms with E-state index < -0.39 is 28.0 Å². The first-order valence-corrected chi connectivity index (χ1v) is 5.01. The average molecular weight is 267 g/mol. The van der Waals surface area contributed by atoms with Gasteiger partial charge in [0.25, 0.3) is 0 Å². The van der Waals surface area contributed by atoms with E-state index in [1.807, 2.05) is 0 Å². The van der Waals surface area contributed by atoms with Gasteiger partial charge in [-0.05, 0) is 6.07 Å². The van der Waals surface area contributed by atoms with Gasteiger partial charge in [0.05, 0.1) is 11.0 Å². The van der Waals surface area contributed by atoms with E-state index in [1.54, 1.807) is 0 Å². The molecule has 2 rings (SSSR count). The molecule has 0 unspecified atom stereocenters. The number of benzene rings is 1. The smallest absolute Gasteiger partial charge is 0.307 e. The molecule has 19 heavy (non-hydrogen) atoms. The summed E-state index contributed by atoms with van der Waals surface area (Å²) in [6, 6.07) is 5.40. The summed E-state index contributed by atoms with van der Waals surface area (Å²) in [5.41, 5.74) is 4.43. The van der Waals surface area contributed by atoms with Crippen LogP contribution in [0.5, 0.6) is 11.6 Å². The molecule has 1 aromatic heterocycles. The molecule has 2 N–H and O–H groups in total. The normalized spacial score (nSPS) is 10.2. The van der Waals surface area contributed by atoms with Crippen molar-refractivity contribution in [1.82, 2.24) is 4.98 Å². The minimum Gasteiger partial charge on any atom is -0.436 e. The zero-order valence-corrected chi connectivity index (χ0v) is 9.34. The number of aromatic nitrogens is 1. The Balaban J connectivity index is 2.36. The lowest BCUT2D eigenvalue weighted by molar-refractivity contribution is -0.387. The Hall–Kier alpha value is -2.77. The molecule has 6 nitrogen and oxygen atoms in total. The molecule has 0 aliphatic rings. The standard InChI is InChI=1S/C11H7F2N3O3/c12-6-5-9(7(13)4-8(6)16(17)18)19-11-3-1-2-10(14)15-11/h1-5H,(H2,14,15). The van der Waals surface area contributed by atoms with Gasteiger partial charge < -0.3 is 10.5 Å². The van der Waals surface area contributed by atoms with Crippen molar-refractivity contribution in [3.05, 3.63) is 52.1 Å². The molecule has 1 heterocycles. The fourth-order valence-electron chi connectivity index (χ4n) is 1.34. The molecule has 98 valence electrons. The van der Waals surface area contributed by atoms with E-state index in [0.717, 1.165) is 0 Å². The van der Waals surface area contributed by atoms with Crippen LogP contribution >= 0.6 is 0 Å². The van der Waals surface area contributed by atoms with Gasteiger partial charge in [-0.2, -0.15) is 9.37 Å². The van der Waals surface area contributed by atoms with Gasteiger partial charge in [0.15, 0.2) is 11.6 Å². The zero-order valence-electron chi connectivity index (χ0n) is 9.34. The number of nitrogen functional groups attached to an aromatic ring is 1. The minimum atomic E-state index is -1.20. The molecule has 2 aromatic rings. The number of nitrogens with zero attached hydrogens (tertiary/aromatic N) is 2. The van der Waals surface area contributed by atoms with Gasteiger partial charge in [-0.25, -0.2) is 4.39 Å². The summed E-state index contributed by atoms with van der Waals surface area (Å²) in [6.07, 6.45) is 0. The summed E-state index contributed by atoms with van der Waals surface area (Å²) >= 11 is 0. The zero-order chi connectivity index (χ0) is 14.0. The third-order valence-electron chi connectivity index (χ3n) is 2.16. The molecule has 1 aromatic carbocycles. The van der Waals surface area contributed by atoms with E-state index in [4.69, 9.17) is 10.5 Å². The van der Waals surface area contributed by atoms with Gasteiger partial charge in [0.1, 0.15) is 5.82 Å². The summed E-state index contributed by atoms with van der Waals surface area (Å²) in [5.74, 6) is -2.70. The van der Waals surface area contributed by atoms with Crippen molar-refractivity contribution in [1.29, 1.82) is 0 Å². The molecule has 0 atom stereocenters. The first kappa shape index (κ1) is 12.7. The molecule has 0 saturated heterocycles. The molecule has 0 fully saturated rings. The molecule has 0 saturated carbocycles. The van der Waals surface area contributed by atoms with E-state index in [1.165, 1.54) is 18.2 Å². The highest BCUT2D eigenvalue weighted by molar-refractivity contribution is 5.41. The Morgan fingerprint density at radius 1 is 1.26 bits per heavy atom. The maximum atomic E-state index is 13.5. The van der Waals surface area contributed by atoms with Gasteiger partial charge in [0, 0.05) is 12.1 Å². The van der Waals surface area contributed by atoms with Crippen LogP contribution in [0.4, 0.5) is 20.3 Å². The maximum absolute atomic E-state index is 13.5. The maximum Gasteiger partial charge on any atom is 0.307 e. The number of anilines is 1. The number of ether oxygens (including phenoxy) is 1. The summed E-state index contributed by atoms with van der Waals surface area (Å²) in [7, 11) is 0. The SMILES string of the molecule is Nc1cccc(Oc2cc(F)c([N+](=O)[O-])cc2F)n1. The number of pyridine rings is 1. The summed E-state index contributed by atoms with van der Waals surface area (Å²) < 4.78 is 31.8. The Kier molecular flexibility index (Phi) is 3.23. The highest BCUT2D eigenvalue weighted by Gasteiger charge is 2.19. The van der Waals surface area contributed by atoms with Gasteiger partial charge >= 0.3 is 5.69 Å². The first-order chi connectivity index (χ1) is 8.97. The molecule has 0 radical (unpaired) electrons. The van der Waals surface area contributed by atoms with Crippen LogP contribution in [0.1, 0.15) is 0 Å². The molecule has 8 heteroatoms. The Morgan fingerprint density at radius 2 is 2.00 bits per heavy atom. The molecular formula is C11H7F2N3O3. The second-order valence-electron chi connectivity index (χ2n) is 3.49. The van der Waals surface area contributed by atoms with E-state index in [-0.39, 0.29) is 11.7 Å². The quantitative estimate of drug-likeness (QED) is 0.681. The molecule has 0 bridgehead atoms. The number of nitrogens with two attached hydrogens (primary N) is 1. The van der Waals surface area contributed by atoms with Crippen LogP contribution in [0.3, 0.4) is 0 Å². The minimum absolute atomic E-state index is 0.0489. The van der Waals surface area contributed by atoms with Crippen LogP contribution in [0.15, 0.2) is 30.3 Å². The third-order valence-corrected chi connectivity index (χ3v) is 2.16. The summed E-state index contributed by atoms with van der Waals surface area (Å²) in [5, 5.41) is 10.4. The van der Waals surface area contributed by atoms with Crippen molar-refractivity contribution in [3.8, 4) is 11.6 Å². The number of nitro benzene ring substituents is 1. The van der Waals surface area contributed by atoms with Gasteiger partial charge in [-0.1, -0.05) is 6.07 Å². The van der Waals surface area contributed by atoms with E-state index >= 15 is 0 Å². The average Bonchev–Trinajstić information content (AvgIpc) is 2.33. The van der Waals surface area contributed by atoms with Gasteiger partial charge in [-0.15, -0.1) is 0 Å². The Morgan fingerprint density at radius 3 is 2.63 bits per heavy atom. The first-order valence-electron chi connectivity index (χ1n) is 5.01. The lowest BCUT2D eigenvalue weighted by Gasteiger charge is -2.06. The molecule has 0 aliphatic carbocycles. The summed E-state index contributed by atoms with van der Waals surface area (Å²) in [6.45, 7) is 0. The van der Waals surface area contributed by atoms with Crippen LogP contribution in [-0.4, -0.2) is 9.91 Å². The van der Waals surface area contributed by atoms with E-state index in [2.05, 4.69) is 4.98 Å². The Bertz CT molecular complexity index is 649. The highest BCUT2D eigenvalue weighted by Crippen LogP contribution is 2.29. The summed E-state index contributed by atoms with van der Waals surface area (Å²) in [4.78, 5) is 13.1. The predicted octanol–water partition coefficient (Wildman–Crippen LogP) is 2.64. The van der Waals surface area contributed by atoms with Gasteiger partial charge in [0.2, 0.25) is 11.7 Å². The molecular weight excluding hydrogens is 260 g/mol. The molecule has 0 amide bonds. The monoisotopic (exact) mass is 267 g/mol. The molecule has 0 aliphatic heterocycles. The fraction of sp³-hybridized carbons (Fsp3) is 0. The highest BCUT2D eigenvalue weighted by atomic mass is 19.1. The van der Waals surface area contributed by atoms with Crippen molar-refractivity contribution >= 4 is 11.5 Å². The van der Waals surface area contributed by atoms with E-state index in [0.29, 0.717) is 12.1 Å². The largest absolute Gasteiger partial charge is 0.436 e. The number of nitro groups is 1. The van der Waals surface area contributed by atoms with Crippen molar-refractivity contribution < 1.29 is 18.4 Å². The van der Waals surface area contributed by atoms with Crippen molar-refractivity contribution in [3.63, 3.8) is 0 Å². The lowest BCUT2D eigenvalue weighted by atomic mass is 10.3. The topological polar surface area (TPSA) is 91.3 Å². The van der Waals surface area contributed by atoms with Crippen LogP contribution in [-0.2, 0) is 0 Å². The number of halogens is 2. The van der Waals surface area contributed by atoms with Gasteiger partial charge in [-0.3, -0.25) is 10.1 Å². The van der Waals surface area contributed by atoms with Crippen molar-refractivity contribution in [2.75, 3.05) is 5.73 Å². The predicted molar refractivity (Wildman–Crippen MR) is 61.7 cm³/mol. The molecule has 0 spiro atoms.